The Bertz CT molecular complexity index is 321. The van der Waals surface area contributed by atoms with Crippen LogP contribution in [0.25, 0.3) is 0 Å². The molecule has 0 aliphatic carbocycles. The number of hydrogen-bond donors (Lipinski definition) is 1. The van der Waals surface area contributed by atoms with Gasteiger partial charge in [-0.3, -0.25) is 0 Å². The Labute approximate surface area is 99.7 Å². The Morgan fingerprint density at radius 1 is 1.31 bits per heavy atom. The lowest BCUT2D eigenvalue weighted by molar-refractivity contribution is 0.357. The highest BCUT2D eigenvalue weighted by atomic mass is 15.1. The van der Waals surface area contributed by atoms with E-state index < -0.39 is 0 Å². The zero-order valence-corrected chi connectivity index (χ0v) is 11.0. The molecule has 0 heterocycles. The lowest BCUT2D eigenvalue weighted by atomic mass is 10.0. The van der Waals surface area contributed by atoms with Gasteiger partial charge in [-0.05, 0) is 50.7 Å². The molecule has 1 aromatic rings. The van der Waals surface area contributed by atoms with Crippen LogP contribution < -0.4 is 5.32 Å². The van der Waals surface area contributed by atoms with Gasteiger partial charge in [0.2, 0.25) is 0 Å². The molecule has 1 N–H and O–H groups in total. The summed E-state index contributed by atoms with van der Waals surface area (Å²) in [6.07, 6.45) is 1.15. The Morgan fingerprint density at radius 3 is 2.62 bits per heavy atom. The van der Waals surface area contributed by atoms with Gasteiger partial charge in [-0.25, -0.2) is 0 Å². The van der Waals surface area contributed by atoms with Gasteiger partial charge < -0.3 is 10.2 Å². The summed E-state index contributed by atoms with van der Waals surface area (Å²) in [6.45, 7) is 7.62. The predicted molar refractivity (Wildman–Crippen MR) is 70.8 cm³/mol. The van der Waals surface area contributed by atoms with Crippen LogP contribution in [0.3, 0.4) is 0 Å². The van der Waals surface area contributed by atoms with Crippen LogP contribution in [0.5, 0.6) is 0 Å². The summed E-state index contributed by atoms with van der Waals surface area (Å²) in [7, 11) is 4.16. The summed E-state index contributed by atoms with van der Waals surface area (Å²) in [6, 6.07) is 6.79. The van der Waals surface area contributed by atoms with E-state index in [0.29, 0.717) is 0 Å². The average molecular weight is 220 g/mol. The van der Waals surface area contributed by atoms with Gasteiger partial charge >= 0.3 is 0 Å². The molecule has 0 bridgehead atoms. The van der Waals surface area contributed by atoms with Crippen molar-refractivity contribution >= 4 is 0 Å². The SMILES string of the molecule is CCN(C)CCc1ccc(CNC)cc1C. The van der Waals surface area contributed by atoms with E-state index in [1.165, 1.54) is 16.7 Å². The van der Waals surface area contributed by atoms with Crippen LogP contribution in [0.1, 0.15) is 23.6 Å². The number of hydrogen-bond acceptors (Lipinski definition) is 2. The first-order chi connectivity index (χ1) is 7.67. The third-order valence-electron chi connectivity index (χ3n) is 3.09. The molecule has 0 saturated heterocycles. The van der Waals surface area contributed by atoms with Crippen molar-refractivity contribution < 1.29 is 0 Å². The van der Waals surface area contributed by atoms with Crippen LogP contribution in [-0.4, -0.2) is 32.1 Å². The maximum atomic E-state index is 3.18. The minimum absolute atomic E-state index is 0.954. The molecule has 1 aromatic carbocycles. The minimum Gasteiger partial charge on any atom is -0.316 e. The van der Waals surface area contributed by atoms with Crippen molar-refractivity contribution in [3.8, 4) is 0 Å². The van der Waals surface area contributed by atoms with Crippen molar-refractivity contribution in [3.63, 3.8) is 0 Å². The topological polar surface area (TPSA) is 15.3 Å². The number of nitrogens with zero attached hydrogens (tertiary/aromatic N) is 1. The second kappa shape index (κ2) is 6.66. The van der Waals surface area contributed by atoms with Gasteiger partial charge in [-0.1, -0.05) is 25.1 Å². The van der Waals surface area contributed by atoms with Crippen molar-refractivity contribution in [1.29, 1.82) is 0 Å². The summed E-state index contributed by atoms with van der Waals surface area (Å²) in [5, 5.41) is 3.18. The van der Waals surface area contributed by atoms with Crippen LogP contribution in [0.2, 0.25) is 0 Å². The van der Waals surface area contributed by atoms with E-state index in [9.17, 15) is 0 Å². The zero-order chi connectivity index (χ0) is 12.0. The smallest absolute Gasteiger partial charge is 0.0202 e. The average Bonchev–Trinajstić information content (AvgIpc) is 2.28. The Kier molecular flexibility index (Phi) is 5.50. The summed E-state index contributed by atoms with van der Waals surface area (Å²) in [5.74, 6) is 0. The molecule has 0 unspecified atom stereocenters. The van der Waals surface area contributed by atoms with Crippen LogP contribution >= 0.6 is 0 Å². The summed E-state index contributed by atoms with van der Waals surface area (Å²) < 4.78 is 0. The fourth-order valence-corrected chi connectivity index (χ4v) is 1.82. The van der Waals surface area contributed by atoms with E-state index in [2.05, 4.69) is 49.3 Å². The molecule has 90 valence electrons. The van der Waals surface area contributed by atoms with E-state index in [0.717, 1.165) is 26.1 Å². The molecule has 2 heteroatoms. The first-order valence-corrected chi connectivity index (χ1v) is 6.09. The number of aryl methyl sites for hydroxylation is 1. The van der Waals surface area contributed by atoms with Gasteiger partial charge in [0.1, 0.15) is 0 Å². The lowest BCUT2D eigenvalue weighted by Crippen LogP contribution is -2.20. The summed E-state index contributed by atoms with van der Waals surface area (Å²) >= 11 is 0. The van der Waals surface area contributed by atoms with Gasteiger partial charge in [-0.2, -0.15) is 0 Å². The van der Waals surface area contributed by atoms with E-state index in [1.54, 1.807) is 0 Å². The predicted octanol–water partition coefficient (Wildman–Crippen LogP) is 2.21. The molecule has 0 aliphatic heterocycles. The van der Waals surface area contributed by atoms with Crippen molar-refractivity contribution in [2.75, 3.05) is 27.2 Å². The maximum Gasteiger partial charge on any atom is 0.0202 e. The number of likely N-dealkylation sites (N-methyl/N-ethyl adjacent to an activating group) is 1. The van der Waals surface area contributed by atoms with Gasteiger partial charge in [0.25, 0.3) is 0 Å². The quantitative estimate of drug-likeness (QED) is 0.790. The fraction of sp³-hybridized carbons (Fsp3) is 0.571. The van der Waals surface area contributed by atoms with Crippen molar-refractivity contribution in [2.24, 2.45) is 0 Å². The molecule has 0 aromatic heterocycles. The highest BCUT2D eigenvalue weighted by Crippen LogP contribution is 2.12. The van der Waals surface area contributed by atoms with Crippen molar-refractivity contribution in [3.05, 3.63) is 34.9 Å². The van der Waals surface area contributed by atoms with E-state index in [1.807, 2.05) is 7.05 Å². The minimum atomic E-state index is 0.954. The third-order valence-corrected chi connectivity index (χ3v) is 3.09. The van der Waals surface area contributed by atoms with Crippen molar-refractivity contribution in [1.82, 2.24) is 10.2 Å². The fourth-order valence-electron chi connectivity index (χ4n) is 1.82. The van der Waals surface area contributed by atoms with Gasteiger partial charge in [-0.15, -0.1) is 0 Å². The molecule has 1 rings (SSSR count). The Morgan fingerprint density at radius 2 is 2.06 bits per heavy atom. The van der Waals surface area contributed by atoms with Gasteiger partial charge in [0.05, 0.1) is 0 Å². The number of benzene rings is 1. The standard InChI is InChI=1S/C14H24N2/c1-5-16(4)9-8-14-7-6-13(11-15-3)10-12(14)2/h6-7,10,15H,5,8-9,11H2,1-4H3. The lowest BCUT2D eigenvalue weighted by Gasteiger charge is -2.15. The monoisotopic (exact) mass is 220 g/mol. The maximum absolute atomic E-state index is 3.18. The first-order valence-electron chi connectivity index (χ1n) is 6.09. The number of nitrogens with one attached hydrogen (secondary N) is 1. The molecule has 0 fully saturated rings. The Hall–Kier alpha value is -0.860. The molecule has 16 heavy (non-hydrogen) atoms. The third kappa shape index (κ3) is 3.95. The van der Waals surface area contributed by atoms with E-state index in [4.69, 9.17) is 0 Å². The number of rotatable bonds is 6. The second-order valence-corrected chi connectivity index (χ2v) is 4.44. The van der Waals surface area contributed by atoms with E-state index in [-0.39, 0.29) is 0 Å². The van der Waals surface area contributed by atoms with E-state index >= 15 is 0 Å². The van der Waals surface area contributed by atoms with Crippen molar-refractivity contribution in [2.45, 2.75) is 26.8 Å². The van der Waals surface area contributed by atoms with Crippen LogP contribution in [0.15, 0.2) is 18.2 Å². The van der Waals surface area contributed by atoms with Crippen LogP contribution in [0, 0.1) is 6.92 Å². The molecule has 0 atom stereocenters. The molecule has 0 amide bonds. The molecule has 2 nitrogen and oxygen atoms in total. The van der Waals surface area contributed by atoms with Crippen LogP contribution in [-0.2, 0) is 13.0 Å². The molecular weight excluding hydrogens is 196 g/mol. The Balaban J connectivity index is 2.60. The molecule has 0 aliphatic rings. The normalized spacial score (nSPS) is 11.1. The highest BCUT2D eigenvalue weighted by Gasteiger charge is 2.01. The van der Waals surface area contributed by atoms with Crippen LogP contribution in [0.4, 0.5) is 0 Å². The van der Waals surface area contributed by atoms with Gasteiger partial charge in [0, 0.05) is 13.1 Å². The summed E-state index contributed by atoms with van der Waals surface area (Å²) in [5.41, 5.74) is 4.25. The molecule has 0 spiro atoms. The van der Waals surface area contributed by atoms with Gasteiger partial charge in [0.15, 0.2) is 0 Å². The largest absolute Gasteiger partial charge is 0.316 e. The molecule has 0 radical (unpaired) electrons. The molecular formula is C14H24N2. The molecule has 0 saturated carbocycles. The second-order valence-electron chi connectivity index (χ2n) is 4.44. The zero-order valence-electron chi connectivity index (χ0n) is 11.0. The highest BCUT2D eigenvalue weighted by molar-refractivity contribution is 5.31. The summed E-state index contributed by atoms with van der Waals surface area (Å²) in [4.78, 5) is 2.35. The first kappa shape index (κ1) is 13.2.